The van der Waals surface area contributed by atoms with Gasteiger partial charge in [-0.15, -0.1) is 0 Å². The number of hydrogen-bond donors (Lipinski definition) is 1. The second kappa shape index (κ2) is 6.69. The molecule has 0 unspecified atom stereocenters. The molecule has 0 fully saturated rings. The van der Waals surface area contributed by atoms with Crippen molar-refractivity contribution in [3.8, 4) is 11.3 Å². The van der Waals surface area contributed by atoms with Crippen molar-refractivity contribution in [1.82, 2.24) is 20.0 Å². The lowest BCUT2D eigenvalue weighted by molar-refractivity contribution is 0.0915. The number of aromatic nitrogens is 3. The standard InChI is InChI=1S/C16H14N4O3/c21-15-10-13(12-4-2-1-3-5-12)18-11-20(15)9-8-17-16(22)14-6-7-19-23-14/h1-7,10-11H,8-9H2,(H,17,22). The fourth-order valence-corrected chi connectivity index (χ4v) is 2.07. The molecular weight excluding hydrogens is 296 g/mol. The Morgan fingerprint density at radius 3 is 2.74 bits per heavy atom. The molecule has 3 rings (SSSR count). The van der Waals surface area contributed by atoms with E-state index in [4.69, 9.17) is 4.52 Å². The molecule has 2 heterocycles. The summed E-state index contributed by atoms with van der Waals surface area (Å²) in [5.41, 5.74) is 1.33. The van der Waals surface area contributed by atoms with Crippen molar-refractivity contribution in [1.29, 1.82) is 0 Å². The van der Waals surface area contributed by atoms with Gasteiger partial charge in [-0.3, -0.25) is 14.2 Å². The van der Waals surface area contributed by atoms with E-state index in [1.807, 2.05) is 30.3 Å². The molecule has 0 saturated heterocycles. The van der Waals surface area contributed by atoms with Crippen LogP contribution in [0.1, 0.15) is 10.6 Å². The van der Waals surface area contributed by atoms with Crippen molar-refractivity contribution in [3.63, 3.8) is 0 Å². The van der Waals surface area contributed by atoms with Gasteiger partial charge in [0.15, 0.2) is 0 Å². The molecule has 1 aromatic carbocycles. The van der Waals surface area contributed by atoms with Gasteiger partial charge in [-0.2, -0.15) is 0 Å². The number of carbonyl (C=O) groups excluding carboxylic acids is 1. The summed E-state index contributed by atoms with van der Waals surface area (Å²) in [7, 11) is 0. The first kappa shape index (κ1) is 14.7. The predicted octanol–water partition coefficient (Wildman–Crippen LogP) is 1.33. The van der Waals surface area contributed by atoms with Crippen LogP contribution in [0.5, 0.6) is 0 Å². The van der Waals surface area contributed by atoms with E-state index in [0.717, 1.165) is 5.56 Å². The van der Waals surface area contributed by atoms with Crippen LogP contribution in [0.3, 0.4) is 0 Å². The Hall–Kier alpha value is -3.22. The molecule has 0 aliphatic heterocycles. The van der Waals surface area contributed by atoms with Crippen molar-refractivity contribution < 1.29 is 9.32 Å². The molecule has 116 valence electrons. The van der Waals surface area contributed by atoms with Crippen molar-refractivity contribution in [2.24, 2.45) is 0 Å². The Morgan fingerprint density at radius 2 is 2.04 bits per heavy atom. The number of hydrogen-bond acceptors (Lipinski definition) is 5. The quantitative estimate of drug-likeness (QED) is 0.768. The Morgan fingerprint density at radius 1 is 1.22 bits per heavy atom. The summed E-state index contributed by atoms with van der Waals surface area (Å²) in [4.78, 5) is 28.1. The van der Waals surface area contributed by atoms with Crippen LogP contribution in [-0.4, -0.2) is 27.2 Å². The van der Waals surface area contributed by atoms with Crippen LogP contribution < -0.4 is 10.9 Å². The summed E-state index contributed by atoms with van der Waals surface area (Å²) in [5.74, 6) is -0.237. The van der Waals surface area contributed by atoms with Crippen LogP contribution in [0.25, 0.3) is 11.3 Å². The topological polar surface area (TPSA) is 90.0 Å². The van der Waals surface area contributed by atoms with Crippen molar-refractivity contribution >= 4 is 5.91 Å². The van der Waals surface area contributed by atoms with Crippen molar-refractivity contribution in [3.05, 3.63) is 71.1 Å². The fraction of sp³-hybridized carbons (Fsp3) is 0.125. The van der Waals surface area contributed by atoms with Gasteiger partial charge in [0.2, 0.25) is 5.76 Å². The molecule has 0 spiro atoms. The second-order valence-electron chi connectivity index (χ2n) is 4.80. The van der Waals surface area contributed by atoms with E-state index in [1.165, 1.54) is 29.2 Å². The zero-order valence-corrected chi connectivity index (χ0v) is 12.2. The maximum absolute atomic E-state index is 12.1. The van der Waals surface area contributed by atoms with Gasteiger partial charge < -0.3 is 9.84 Å². The third-order valence-corrected chi connectivity index (χ3v) is 3.25. The lowest BCUT2D eigenvalue weighted by Crippen LogP contribution is -2.30. The maximum atomic E-state index is 12.1. The second-order valence-corrected chi connectivity index (χ2v) is 4.80. The average Bonchev–Trinajstić information content (AvgIpc) is 3.11. The van der Waals surface area contributed by atoms with E-state index >= 15 is 0 Å². The molecule has 1 amide bonds. The average molecular weight is 310 g/mol. The molecule has 0 aliphatic rings. The first-order chi connectivity index (χ1) is 11.2. The van der Waals surface area contributed by atoms with Crippen LogP contribution >= 0.6 is 0 Å². The number of rotatable bonds is 5. The van der Waals surface area contributed by atoms with Gasteiger partial charge in [-0.25, -0.2) is 4.98 Å². The zero-order chi connectivity index (χ0) is 16.1. The number of benzene rings is 1. The monoisotopic (exact) mass is 310 g/mol. The molecule has 23 heavy (non-hydrogen) atoms. The SMILES string of the molecule is O=C(NCCn1cnc(-c2ccccc2)cc1=O)c1ccno1. The van der Waals surface area contributed by atoms with Gasteiger partial charge in [0.1, 0.15) is 0 Å². The van der Waals surface area contributed by atoms with Crippen LogP contribution in [-0.2, 0) is 6.54 Å². The summed E-state index contributed by atoms with van der Waals surface area (Å²) in [6.45, 7) is 0.604. The third kappa shape index (κ3) is 3.52. The Balaban J connectivity index is 1.63. The molecule has 0 saturated carbocycles. The highest BCUT2D eigenvalue weighted by Crippen LogP contribution is 2.13. The fourth-order valence-electron chi connectivity index (χ4n) is 2.07. The number of amides is 1. The van der Waals surface area contributed by atoms with E-state index in [0.29, 0.717) is 12.2 Å². The first-order valence-corrected chi connectivity index (χ1v) is 7.05. The predicted molar refractivity (Wildman–Crippen MR) is 82.8 cm³/mol. The van der Waals surface area contributed by atoms with Crippen LogP contribution in [0.2, 0.25) is 0 Å². The number of nitrogens with zero attached hydrogens (tertiary/aromatic N) is 3. The van der Waals surface area contributed by atoms with Gasteiger partial charge in [0.25, 0.3) is 11.5 Å². The van der Waals surface area contributed by atoms with E-state index in [-0.39, 0.29) is 23.8 Å². The smallest absolute Gasteiger partial charge is 0.289 e. The third-order valence-electron chi connectivity index (χ3n) is 3.25. The molecule has 0 radical (unpaired) electrons. The Bertz CT molecular complexity index is 841. The van der Waals surface area contributed by atoms with E-state index < -0.39 is 0 Å². The highest BCUT2D eigenvalue weighted by atomic mass is 16.5. The van der Waals surface area contributed by atoms with Gasteiger partial charge in [0.05, 0.1) is 18.2 Å². The Kier molecular flexibility index (Phi) is 4.28. The summed E-state index contributed by atoms with van der Waals surface area (Å²) >= 11 is 0. The Labute approximate surface area is 131 Å². The molecular formula is C16H14N4O3. The first-order valence-electron chi connectivity index (χ1n) is 7.05. The highest BCUT2D eigenvalue weighted by molar-refractivity contribution is 5.91. The normalized spacial score (nSPS) is 10.4. The van der Waals surface area contributed by atoms with Crippen molar-refractivity contribution in [2.75, 3.05) is 6.54 Å². The largest absolute Gasteiger partial charge is 0.351 e. The summed E-state index contributed by atoms with van der Waals surface area (Å²) in [6, 6.07) is 12.4. The van der Waals surface area contributed by atoms with Gasteiger partial charge in [-0.05, 0) is 0 Å². The van der Waals surface area contributed by atoms with E-state index in [1.54, 1.807) is 0 Å². The molecule has 2 aromatic heterocycles. The lowest BCUT2D eigenvalue weighted by Gasteiger charge is -2.07. The van der Waals surface area contributed by atoms with E-state index in [9.17, 15) is 9.59 Å². The molecule has 0 atom stereocenters. The van der Waals surface area contributed by atoms with Crippen LogP contribution in [0, 0.1) is 0 Å². The molecule has 7 nitrogen and oxygen atoms in total. The highest BCUT2D eigenvalue weighted by Gasteiger charge is 2.09. The zero-order valence-electron chi connectivity index (χ0n) is 12.2. The molecule has 7 heteroatoms. The molecule has 0 bridgehead atoms. The number of carbonyl (C=O) groups is 1. The summed E-state index contributed by atoms with van der Waals surface area (Å²) < 4.78 is 6.18. The van der Waals surface area contributed by atoms with Crippen molar-refractivity contribution in [2.45, 2.75) is 6.54 Å². The van der Waals surface area contributed by atoms with Crippen LogP contribution in [0.15, 0.2) is 64.3 Å². The minimum Gasteiger partial charge on any atom is -0.351 e. The molecule has 1 N–H and O–H groups in total. The number of nitrogens with one attached hydrogen (secondary N) is 1. The lowest BCUT2D eigenvalue weighted by atomic mass is 10.1. The van der Waals surface area contributed by atoms with Gasteiger partial charge in [-0.1, -0.05) is 35.5 Å². The molecule has 3 aromatic rings. The summed E-state index contributed by atoms with van der Waals surface area (Å²) in [6.07, 6.45) is 2.87. The van der Waals surface area contributed by atoms with Gasteiger partial charge in [0, 0.05) is 30.8 Å². The van der Waals surface area contributed by atoms with Gasteiger partial charge >= 0.3 is 0 Å². The molecule has 0 aliphatic carbocycles. The minimum atomic E-state index is -0.371. The van der Waals surface area contributed by atoms with Crippen LogP contribution in [0.4, 0.5) is 0 Å². The minimum absolute atomic E-state index is 0.134. The maximum Gasteiger partial charge on any atom is 0.289 e. The van der Waals surface area contributed by atoms with E-state index in [2.05, 4.69) is 15.5 Å². The summed E-state index contributed by atoms with van der Waals surface area (Å²) in [5, 5.41) is 6.11.